The van der Waals surface area contributed by atoms with Gasteiger partial charge in [0.1, 0.15) is 0 Å². The van der Waals surface area contributed by atoms with Crippen LogP contribution in [0.5, 0.6) is 0 Å². The van der Waals surface area contributed by atoms with E-state index in [4.69, 9.17) is 0 Å². The number of allylic oxidation sites excluding steroid dienone is 1. The molecule has 4 nitrogen and oxygen atoms in total. The molecule has 1 atom stereocenters. The van der Waals surface area contributed by atoms with Crippen LogP contribution in [-0.4, -0.2) is 11.9 Å². The Morgan fingerprint density at radius 3 is 1.24 bits per heavy atom. The largest absolute Gasteiger partial charge is 1.00 e. The maximum atomic E-state index is 10.8. The molecular weight excluding hydrogens is 466 g/mol. The fourth-order valence-electron chi connectivity index (χ4n) is 4.01. The summed E-state index contributed by atoms with van der Waals surface area (Å²) in [6.45, 7) is 2.27. The maximum Gasteiger partial charge on any atom is 1.00 e. The molecule has 0 heterocycles. The Labute approximate surface area is 289 Å². The summed E-state index contributed by atoms with van der Waals surface area (Å²) in [6.07, 6.45) is 29.1. The quantitative estimate of drug-likeness (QED) is 0.102. The van der Waals surface area contributed by atoms with E-state index in [2.05, 4.69) is 6.92 Å². The zero-order valence-electron chi connectivity index (χ0n) is 22.2. The third-order valence-corrected chi connectivity index (χ3v) is 6.03. The zero-order valence-corrected chi connectivity index (χ0v) is 28.5. The van der Waals surface area contributed by atoms with Crippen molar-refractivity contribution >= 4 is 11.9 Å². The molecule has 0 rings (SSSR count). The molecule has 0 saturated heterocycles. The second-order valence-corrected chi connectivity index (χ2v) is 9.08. The summed E-state index contributed by atoms with van der Waals surface area (Å²) in [4.78, 5) is 21.3. The summed E-state index contributed by atoms with van der Waals surface area (Å²) in [5, 5.41) is 21.3. The average Bonchev–Trinajstić information content (AvgIpc) is 2.73. The van der Waals surface area contributed by atoms with Gasteiger partial charge >= 0.3 is 103 Å². The third kappa shape index (κ3) is 31.9. The van der Waals surface area contributed by atoms with Crippen molar-refractivity contribution in [3.63, 3.8) is 0 Å². The summed E-state index contributed by atoms with van der Waals surface area (Å²) in [5.74, 6) is -3.79. The van der Waals surface area contributed by atoms with E-state index >= 15 is 0 Å². The van der Waals surface area contributed by atoms with Crippen LogP contribution in [0.2, 0.25) is 0 Å². The van der Waals surface area contributed by atoms with E-state index in [0.717, 1.165) is 19.3 Å². The van der Waals surface area contributed by atoms with Gasteiger partial charge in [-0.1, -0.05) is 135 Å². The van der Waals surface area contributed by atoms with Crippen molar-refractivity contribution in [1.29, 1.82) is 0 Å². The Morgan fingerprint density at radius 1 is 0.606 bits per heavy atom. The molecule has 0 aliphatic heterocycles. The number of carbonyl (C=O) groups excluding carboxylic acids is 2. The van der Waals surface area contributed by atoms with E-state index < -0.39 is 24.3 Å². The van der Waals surface area contributed by atoms with Gasteiger partial charge in [-0.25, -0.2) is 0 Å². The Bertz CT molecular complexity index is 455. The first-order chi connectivity index (χ1) is 15.1. The molecule has 0 N–H and O–H groups in total. The van der Waals surface area contributed by atoms with Gasteiger partial charge in [-0.3, -0.25) is 0 Å². The monoisotopic (exact) mass is 514 g/mol. The summed E-state index contributed by atoms with van der Waals surface area (Å²) in [5.41, 5.74) is 0. The van der Waals surface area contributed by atoms with E-state index in [0.29, 0.717) is 0 Å². The topological polar surface area (TPSA) is 80.3 Å². The van der Waals surface area contributed by atoms with Gasteiger partial charge < -0.3 is 19.8 Å². The number of aliphatic carboxylic acids is 2. The fraction of sp³-hybridized carbons (Fsp3) is 0.852. The van der Waals surface area contributed by atoms with E-state index in [1.54, 1.807) is 6.08 Å². The Balaban J connectivity index is -0.00000450. The van der Waals surface area contributed by atoms with Gasteiger partial charge in [0.25, 0.3) is 0 Å². The Hall–Kier alpha value is 1.95. The van der Waals surface area contributed by atoms with Crippen molar-refractivity contribution in [3.8, 4) is 0 Å². The summed E-state index contributed by atoms with van der Waals surface area (Å²) in [7, 11) is 0. The number of carbonyl (C=O) groups is 2. The number of unbranched alkanes of at least 4 members (excludes halogenated alkanes) is 19. The van der Waals surface area contributed by atoms with Crippen LogP contribution >= 0.6 is 0 Å². The molecule has 0 aromatic carbocycles. The van der Waals surface area contributed by atoms with Crippen molar-refractivity contribution in [3.05, 3.63) is 12.2 Å². The molecule has 0 aromatic rings. The normalized spacial score (nSPS) is 11.7. The molecule has 0 fully saturated rings. The first-order valence-corrected chi connectivity index (χ1v) is 13.1. The van der Waals surface area contributed by atoms with Crippen LogP contribution in [0, 0.1) is 5.92 Å². The van der Waals surface area contributed by atoms with Crippen LogP contribution in [-0.2, 0) is 9.59 Å². The molecule has 182 valence electrons. The van der Waals surface area contributed by atoms with E-state index in [1.807, 2.05) is 0 Å². The molecule has 0 saturated carbocycles. The van der Waals surface area contributed by atoms with Gasteiger partial charge in [-0.2, -0.15) is 0 Å². The molecule has 0 bridgehead atoms. The van der Waals surface area contributed by atoms with Crippen molar-refractivity contribution in [2.75, 3.05) is 0 Å². The third-order valence-electron chi connectivity index (χ3n) is 6.03. The van der Waals surface area contributed by atoms with E-state index in [9.17, 15) is 19.8 Å². The van der Waals surface area contributed by atoms with Gasteiger partial charge in [-0.15, -0.1) is 0 Å². The van der Waals surface area contributed by atoms with E-state index in [-0.39, 0.29) is 103 Å². The minimum Gasteiger partial charge on any atom is -0.550 e. The summed E-state index contributed by atoms with van der Waals surface area (Å²) < 4.78 is 0. The summed E-state index contributed by atoms with van der Waals surface area (Å²) >= 11 is 0. The van der Waals surface area contributed by atoms with Crippen LogP contribution in [0.25, 0.3) is 0 Å². The number of hydrogen-bond donors (Lipinski definition) is 0. The molecular formula is C27H48K2O4. The molecule has 0 aliphatic carbocycles. The average molecular weight is 515 g/mol. The standard InChI is InChI=1S/C27H50O4.2K/c1-2-3-4-5-6-7-8-9-10-11-12-13-14-15-16-17-18-19-20-21-22-23-25(27(30)31)24-26(28)29;;/h22-23,25H,2-21,24H2,1H3,(H,28,29)(H,30,31);;/q;2*+1/p-2/b23-22+;;. The molecule has 0 amide bonds. The second-order valence-electron chi connectivity index (χ2n) is 9.08. The smallest absolute Gasteiger partial charge is 0.550 e. The number of carboxylic acid groups (broad SMARTS) is 2. The van der Waals surface area contributed by atoms with E-state index in [1.165, 1.54) is 115 Å². The second kappa shape index (κ2) is 32.0. The van der Waals surface area contributed by atoms with Crippen molar-refractivity contribution in [2.24, 2.45) is 5.92 Å². The van der Waals surface area contributed by atoms with Gasteiger partial charge in [-0.05, 0) is 19.3 Å². The first-order valence-electron chi connectivity index (χ1n) is 13.1. The first kappa shape index (κ1) is 39.5. The fourth-order valence-corrected chi connectivity index (χ4v) is 4.01. The van der Waals surface area contributed by atoms with Crippen LogP contribution < -0.4 is 113 Å². The maximum absolute atomic E-state index is 10.8. The zero-order chi connectivity index (χ0) is 23.0. The van der Waals surface area contributed by atoms with Crippen molar-refractivity contribution in [2.45, 2.75) is 142 Å². The van der Waals surface area contributed by atoms with Gasteiger partial charge in [0.15, 0.2) is 0 Å². The molecule has 6 heteroatoms. The van der Waals surface area contributed by atoms with Gasteiger partial charge in [0.05, 0.1) is 0 Å². The molecule has 0 spiro atoms. The summed E-state index contributed by atoms with van der Waals surface area (Å²) in [6, 6.07) is 0. The molecule has 1 unspecified atom stereocenters. The van der Waals surface area contributed by atoms with Crippen molar-refractivity contribution < 1.29 is 123 Å². The predicted molar refractivity (Wildman–Crippen MR) is 125 cm³/mol. The van der Waals surface area contributed by atoms with Crippen LogP contribution in [0.1, 0.15) is 142 Å². The molecule has 0 aromatic heterocycles. The van der Waals surface area contributed by atoms with Gasteiger partial charge in [0, 0.05) is 17.9 Å². The van der Waals surface area contributed by atoms with Crippen LogP contribution in [0.3, 0.4) is 0 Å². The molecule has 33 heavy (non-hydrogen) atoms. The number of carboxylic acids is 2. The Kier molecular flexibility index (Phi) is 38.2. The molecule has 0 radical (unpaired) electrons. The number of rotatable bonds is 24. The van der Waals surface area contributed by atoms with Crippen LogP contribution in [0.15, 0.2) is 12.2 Å². The SMILES string of the molecule is CCCCCCCCCCCCCCCCCCCCC/C=C/C(CC(=O)[O-])C(=O)[O-].[K+].[K+]. The minimum absolute atomic E-state index is 0. The minimum atomic E-state index is -1.36. The predicted octanol–water partition coefficient (Wildman–Crippen LogP) is -0.121. The van der Waals surface area contributed by atoms with Crippen LogP contribution in [0.4, 0.5) is 0 Å². The number of hydrogen-bond acceptors (Lipinski definition) is 4. The molecule has 0 aliphatic rings. The van der Waals surface area contributed by atoms with Crippen molar-refractivity contribution in [1.82, 2.24) is 0 Å². The Morgan fingerprint density at radius 2 is 0.939 bits per heavy atom. The van der Waals surface area contributed by atoms with Gasteiger partial charge in [0.2, 0.25) is 0 Å².